The maximum absolute atomic E-state index is 5.19. The minimum Gasteiger partial charge on any atom is -0.361 e. The molecule has 3 nitrogen and oxygen atoms in total. The monoisotopic (exact) mass is 381 g/mol. The van der Waals surface area contributed by atoms with Crippen LogP contribution in [0.15, 0.2) is 16.8 Å². The second-order valence-corrected chi connectivity index (χ2v) is 7.66. The van der Waals surface area contributed by atoms with E-state index in [0.29, 0.717) is 5.11 Å². The highest BCUT2D eigenvalue weighted by atomic mass is 32.1. The Hall–Kier alpha value is -0.900. The molecular formula is C22H43N3S. The SMILES string of the molecule is C/C=C(C)/C=N\NC(=S)NCCCCCCCCCCCCCCCC. The molecule has 0 fully saturated rings. The lowest BCUT2D eigenvalue weighted by atomic mass is 10.0. The van der Waals surface area contributed by atoms with Crippen LogP contribution in [0.25, 0.3) is 0 Å². The van der Waals surface area contributed by atoms with Crippen LogP contribution in [0.2, 0.25) is 0 Å². The average Bonchev–Trinajstić information content (AvgIpc) is 2.64. The van der Waals surface area contributed by atoms with E-state index < -0.39 is 0 Å². The van der Waals surface area contributed by atoms with Gasteiger partial charge in [0, 0.05) is 12.8 Å². The van der Waals surface area contributed by atoms with Crippen molar-refractivity contribution in [3.63, 3.8) is 0 Å². The van der Waals surface area contributed by atoms with Crippen LogP contribution in [0.3, 0.4) is 0 Å². The minimum absolute atomic E-state index is 0.611. The predicted octanol–water partition coefficient (Wildman–Crippen LogP) is 6.88. The summed E-state index contributed by atoms with van der Waals surface area (Å²) in [7, 11) is 0. The lowest BCUT2D eigenvalue weighted by molar-refractivity contribution is 0.535. The van der Waals surface area contributed by atoms with Gasteiger partial charge in [-0.1, -0.05) is 96.5 Å². The van der Waals surface area contributed by atoms with Crippen LogP contribution in [-0.2, 0) is 0 Å². The lowest BCUT2D eigenvalue weighted by Gasteiger charge is -2.07. The molecule has 0 amide bonds. The van der Waals surface area contributed by atoms with Crippen molar-refractivity contribution in [2.75, 3.05) is 6.54 Å². The molecule has 0 saturated heterocycles. The number of allylic oxidation sites excluding steroid dienone is 2. The number of hydrazone groups is 1. The number of nitrogens with zero attached hydrogens (tertiary/aromatic N) is 1. The smallest absolute Gasteiger partial charge is 0.186 e. The number of unbranched alkanes of at least 4 members (excludes halogenated alkanes) is 13. The zero-order valence-electron chi connectivity index (χ0n) is 17.6. The second-order valence-electron chi connectivity index (χ2n) is 7.25. The van der Waals surface area contributed by atoms with Crippen molar-refractivity contribution in [2.24, 2.45) is 5.10 Å². The van der Waals surface area contributed by atoms with Crippen LogP contribution in [0.4, 0.5) is 0 Å². The molecule has 0 aromatic carbocycles. The summed E-state index contributed by atoms with van der Waals surface area (Å²) in [6, 6.07) is 0. The zero-order chi connectivity index (χ0) is 19.3. The fourth-order valence-electron chi connectivity index (χ4n) is 2.83. The van der Waals surface area contributed by atoms with Gasteiger partial charge in [0.2, 0.25) is 0 Å². The van der Waals surface area contributed by atoms with E-state index in [1.54, 1.807) is 6.21 Å². The van der Waals surface area contributed by atoms with Crippen LogP contribution in [0, 0.1) is 0 Å². The summed E-state index contributed by atoms with van der Waals surface area (Å²) in [6.07, 6.45) is 23.2. The molecule has 0 aliphatic carbocycles. The van der Waals surface area contributed by atoms with Crippen molar-refractivity contribution in [1.82, 2.24) is 10.7 Å². The summed E-state index contributed by atoms with van der Waals surface area (Å²) >= 11 is 5.19. The highest BCUT2D eigenvalue weighted by molar-refractivity contribution is 7.80. The predicted molar refractivity (Wildman–Crippen MR) is 122 cm³/mol. The van der Waals surface area contributed by atoms with Gasteiger partial charge in [-0.3, -0.25) is 5.43 Å². The van der Waals surface area contributed by atoms with Crippen molar-refractivity contribution < 1.29 is 0 Å². The summed E-state index contributed by atoms with van der Waals surface area (Å²) in [4.78, 5) is 0. The Balaban J connectivity index is 3.22. The molecule has 26 heavy (non-hydrogen) atoms. The first-order chi connectivity index (χ1) is 12.7. The van der Waals surface area contributed by atoms with Gasteiger partial charge in [-0.2, -0.15) is 5.10 Å². The van der Waals surface area contributed by atoms with E-state index in [4.69, 9.17) is 12.2 Å². The van der Waals surface area contributed by atoms with Gasteiger partial charge < -0.3 is 5.32 Å². The first kappa shape index (κ1) is 25.1. The molecular weight excluding hydrogens is 338 g/mol. The summed E-state index contributed by atoms with van der Waals surface area (Å²) in [5.41, 5.74) is 3.96. The molecule has 0 bridgehead atoms. The molecule has 0 aliphatic rings. The Morgan fingerprint density at radius 3 is 1.73 bits per heavy atom. The fourth-order valence-corrected chi connectivity index (χ4v) is 2.98. The Morgan fingerprint density at radius 2 is 1.27 bits per heavy atom. The Morgan fingerprint density at radius 1 is 0.808 bits per heavy atom. The first-order valence-corrected chi connectivity index (χ1v) is 11.3. The van der Waals surface area contributed by atoms with E-state index in [1.165, 1.54) is 89.9 Å². The van der Waals surface area contributed by atoms with Crippen molar-refractivity contribution in [3.05, 3.63) is 11.6 Å². The van der Waals surface area contributed by atoms with Gasteiger partial charge in [-0.25, -0.2) is 0 Å². The van der Waals surface area contributed by atoms with Crippen molar-refractivity contribution >= 4 is 23.5 Å². The fraction of sp³-hybridized carbons (Fsp3) is 0.818. The molecule has 0 unspecified atom stereocenters. The lowest BCUT2D eigenvalue weighted by Crippen LogP contribution is -2.32. The second kappa shape index (κ2) is 20.4. The molecule has 0 heterocycles. The van der Waals surface area contributed by atoms with Gasteiger partial charge in [0.15, 0.2) is 5.11 Å². The van der Waals surface area contributed by atoms with Gasteiger partial charge in [0.05, 0.1) is 0 Å². The van der Waals surface area contributed by atoms with Gasteiger partial charge in [0.1, 0.15) is 0 Å². The molecule has 0 spiro atoms. The van der Waals surface area contributed by atoms with Gasteiger partial charge in [-0.05, 0) is 38.1 Å². The minimum atomic E-state index is 0.611. The normalized spacial score (nSPS) is 11.9. The average molecular weight is 382 g/mol. The molecule has 0 aromatic heterocycles. The maximum atomic E-state index is 5.19. The van der Waals surface area contributed by atoms with E-state index >= 15 is 0 Å². The van der Waals surface area contributed by atoms with Crippen molar-refractivity contribution in [3.8, 4) is 0 Å². The zero-order valence-corrected chi connectivity index (χ0v) is 18.4. The molecule has 2 N–H and O–H groups in total. The Labute approximate surface area is 168 Å². The van der Waals surface area contributed by atoms with Crippen molar-refractivity contribution in [1.29, 1.82) is 0 Å². The van der Waals surface area contributed by atoms with Crippen molar-refractivity contribution in [2.45, 2.75) is 111 Å². The van der Waals surface area contributed by atoms with Gasteiger partial charge >= 0.3 is 0 Å². The Kier molecular flexibility index (Phi) is 19.7. The molecule has 0 aromatic rings. The topological polar surface area (TPSA) is 36.4 Å². The molecule has 0 radical (unpaired) electrons. The quantitative estimate of drug-likeness (QED) is 0.125. The third-order valence-electron chi connectivity index (χ3n) is 4.71. The van der Waals surface area contributed by atoms with E-state index in [2.05, 4.69) is 22.8 Å². The molecule has 152 valence electrons. The summed E-state index contributed by atoms with van der Waals surface area (Å²) in [5, 5.41) is 7.90. The number of hydrogen-bond acceptors (Lipinski definition) is 2. The largest absolute Gasteiger partial charge is 0.361 e. The highest BCUT2D eigenvalue weighted by Crippen LogP contribution is 2.12. The summed E-state index contributed by atoms with van der Waals surface area (Å²) < 4.78 is 0. The first-order valence-electron chi connectivity index (χ1n) is 10.9. The van der Waals surface area contributed by atoms with E-state index in [9.17, 15) is 0 Å². The number of thiocarbonyl (C=S) groups is 1. The highest BCUT2D eigenvalue weighted by Gasteiger charge is 1.95. The third-order valence-corrected chi connectivity index (χ3v) is 4.94. The number of nitrogens with one attached hydrogen (secondary N) is 2. The molecule has 0 aliphatic heterocycles. The Bertz CT molecular complexity index is 378. The van der Waals surface area contributed by atoms with Crippen LogP contribution < -0.4 is 10.7 Å². The van der Waals surface area contributed by atoms with Gasteiger partial charge in [-0.15, -0.1) is 0 Å². The van der Waals surface area contributed by atoms with Crippen LogP contribution in [0.5, 0.6) is 0 Å². The van der Waals surface area contributed by atoms with E-state index in [1.807, 2.05) is 19.9 Å². The molecule has 0 atom stereocenters. The van der Waals surface area contributed by atoms with Crippen LogP contribution >= 0.6 is 12.2 Å². The van der Waals surface area contributed by atoms with Crippen LogP contribution in [-0.4, -0.2) is 17.9 Å². The van der Waals surface area contributed by atoms with E-state index in [-0.39, 0.29) is 0 Å². The van der Waals surface area contributed by atoms with Crippen LogP contribution in [0.1, 0.15) is 111 Å². The summed E-state index contributed by atoms with van der Waals surface area (Å²) in [5.74, 6) is 0. The number of hydrogen-bond donors (Lipinski definition) is 2. The standard InChI is InChI=1S/C22H43N3S/c1-4-6-7-8-9-10-11-12-13-14-15-16-17-18-19-23-22(26)25-24-20-21(3)5-2/h5,20H,4,6-19H2,1-3H3,(H2,23,25,26)/b21-5+,24-20-. The number of rotatable bonds is 17. The van der Waals surface area contributed by atoms with Gasteiger partial charge in [0.25, 0.3) is 0 Å². The summed E-state index contributed by atoms with van der Waals surface area (Å²) in [6.45, 7) is 7.22. The maximum Gasteiger partial charge on any atom is 0.186 e. The molecule has 4 heteroatoms. The third kappa shape index (κ3) is 19.4. The molecule has 0 saturated carbocycles. The van der Waals surface area contributed by atoms with E-state index in [0.717, 1.165) is 12.1 Å². The molecule has 0 rings (SSSR count).